The molecular weight excluding hydrogens is 446 g/mol. The molecule has 0 aliphatic carbocycles. The number of amides is 2. The molecule has 4 bridgehead atoms. The zero-order valence-electron chi connectivity index (χ0n) is 20.6. The smallest absolute Gasteiger partial charge is 0.411 e. The van der Waals surface area contributed by atoms with E-state index in [2.05, 4.69) is 21.5 Å². The van der Waals surface area contributed by atoms with Crippen LogP contribution in [0.3, 0.4) is 0 Å². The number of nitrogens with one attached hydrogen (secondary N) is 1. The summed E-state index contributed by atoms with van der Waals surface area (Å²) in [5, 5.41) is 8.77. The first kappa shape index (κ1) is 23.1. The van der Waals surface area contributed by atoms with Gasteiger partial charge in [-0.1, -0.05) is 12.1 Å². The molecule has 2 amide bonds. The molecule has 3 aromatic rings. The Morgan fingerprint density at radius 1 is 1.26 bits per heavy atom. The second-order valence-electron chi connectivity index (χ2n) is 10.2. The molecule has 35 heavy (non-hydrogen) atoms. The van der Waals surface area contributed by atoms with Gasteiger partial charge in [0.1, 0.15) is 23.5 Å². The molecule has 1 fully saturated rings. The molecule has 1 saturated heterocycles. The van der Waals surface area contributed by atoms with E-state index in [1.807, 2.05) is 50.7 Å². The van der Waals surface area contributed by atoms with Crippen LogP contribution in [-0.4, -0.2) is 62.5 Å². The fourth-order valence-corrected chi connectivity index (χ4v) is 4.87. The Labute approximate surface area is 204 Å². The molecule has 1 N–H and O–H groups in total. The maximum atomic E-state index is 13.1. The van der Waals surface area contributed by atoms with Crippen molar-refractivity contribution in [1.82, 2.24) is 25.0 Å². The topological polar surface area (TPSA) is 98.6 Å². The van der Waals surface area contributed by atoms with E-state index >= 15 is 0 Å². The summed E-state index contributed by atoms with van der Waals surface area (Å²) in [6.45, 7) is 6.20. The normalized spacial score (nSPS) is 20.6. The summed E-state index contributed by atoms with van der Waals surface area (Å²) >= 11 is 0. The van der Waals surface area contributed by atoms with Crippen LogP contribution < -0.4 is 10.1 Å². The quantitative estimate of drug-likeness (QED) is 0.533. The molecule has 2 aliphatic rings. The number of rotatable bonds is 0. The molecule has 184 valence electrons. The number of likely N-dealkylation sites (tertiary alicyclic amines) is 1. The molecule has 2 unspecified atom stereocenters. The minimum absolute atomic E-state index is 0.192. The van der Waals surface area contributed by atoms with E-state index in [1.54, 1.807) is 12.3 Å². The van der Waals surface area contributed by atoms with Crippen LogP contribution in [0.5, 0.6) is 5.75 Å². The molecule has 0 spiro atoms. The van der Waals surface area contributed by atoms with Crippen molar-refractivity contribution in [1.29, 1.82) is 0 Å². The highest BCUT2D eigenvalue weighted by Gasteiger charge is 2.42. The van der Waals surface area contributed by atoms with Crippen molar-refractivity contribution in [2.75, 3.05) is 13.1 Å². The lowest BCUT2D eigenvalue weighted by atomic mass is 10.0. The Bertz CT molecular complexity index is 1280. The molecule has 5 rings (SSSR count). The van der Waals surface area contributed by atoms with Crippen LogP contribution in [0.4, 0.5) is 4.79 Å². The van der Waals surface area contributed by atoms with Gasteiger partial charge in [0, 0.05) is 48.9 Å². The van der Waals surface area contributed by atoms with Gasteiger partial charge < -0.3 is 14.8 Å². The zero-order valence-corrected chi connectivity index (χ0v) is 20.6. The number of pyridine rings is 1. The third kappa shape index (κ3) is 4.67. The molecule has 9 nitrogen and oxygen atoms in total. The number of benzene rings is 1. The first-order chi connectivity index (χ1) is 16.7. The molecule has 4 heterocycles. The van der Waals surface area contributed by atoms with Crippen molar-refractivity contribution in [3.8, 4) is 17.0 Å². The summed E-state index contributed by atoms with van der Waals surface area (Å²) in [6, 6.07) is 9.10. The number of carbonyl (C=O) groups is 2. The van der Waals surface area contributed by atoms with Crippen LogP contribution in [0.2, 0.25) is 0 Å². The van der Waals surface area contributed by atoms with Crippen molar-refractivity contribution in [3.63, 3.8) is 0 Å². The second kappa shape index (κ2) is 8.87. The van der Waals surface area contributed by atoms with Gasteiger partial charge in [-0.05, 0) is 45.7 Å². The maximum Gasteiger partial charge on any atom is 0.411 e. The number of hydrogen-bond donors (Lipinski definition) is 1. The number of nitrogens with zero attached hydrogens (tertiary/aromatic N) is 4. The highest BCUT2D eigenvalue weighted by Crippen LogP contribution is 2.33. The van der Waals surface area contributed by atoms with Gasteiger partial charge in [-0.15, -0.1) is 0 Å². The van der Waals surface area contributed by atoms with E-state index in [1.165, 1.54) is 4.90 Å². The van der Waals surface area contributed by atoms with Gasteiger partial charge >= 0.3 is 6.09 Å². The summed E-state index contributed by atoms with van der Waals surface area (Å²) in [5.41, 5.74) is 3.13. The number of hydrogen-bond acceptors (Lipinski definition) is 6. The van der Waals surface area contributed by atoms with Gasteiger partial charge in [-0.3, -0.25) is 19.4 Å². The fraction of sp³-hybridized carbons (Fsp3) is 0.462. The predicted octanol–water partition coefficient (Wildman–Crippen LogP) is 3.45. The summed E-state index contributed by atoms with van der Waals surface area (Å²) in [7, 11) is 1.94. The van der Waals surface area contributed by atoms with E-state index in [0.29, 0.717) is 18.7 Å². The molecule has 2 aromatic heterocycles. The lowest BCUT2D eigenvalue weighted by Crippen LogP contribution is -2.47. The van der Waals surface area contributed by atoms with Crippen molar-refractivity contribution in [2.45, 2.75) is 57.8 Å². The SMILES string of the molecule is Cn1nc2cccc3c2c1CCCNC(=O)C1CC(CN1C(=O)OC(C)(C)C)Oc1ccnc-3c1. The van der Waals surface area contributed by atoms with Gasteiger partial charge in [-0.25, -0.2) is 4.79 Å². The van der Waals surface area contributed by atoms with Crippen molar-refractivity contribution in [2.24, 2.45) is 7.05 Å². The average Bonchev–Trinajstić information content (AvgIpc) is 3.35. The van der Waals surface area contributed by atoms with E-state index in [9.17, 15) is 9.59 Å². The first-order valence-electron chi connectivity index (χ1n) is 12.0. The number of aryl methyl sites for hydroxylation is 2. The summed E-state index contributed by atoms with van der Waals surface area (Å²) in [6.07, 6.45) is 2.74. The third-order valence-electron chi connectivity index (χ3n) is 6.37. The van der Waals surface area contributed by atoms with Crippen molar-refractivity contribution in [3.05, 3.63) is 42.2 Å². The Morgan fingerprint density at radius 3 is 2.89 bits per heavy atom. The Morgan fingerprint density at radius 2 is 2.09 bits per heavy atom. The van der Waals surface area contributed by atoms with E-state index in [4.69, 9.17) is 9.47 Å². The fourth-order valence-electron chi connectivity index (χ4n) is 4.87. The Hall–Kier alpha value is -3.62. The molecular formula is C26H31N5O4. The standard InChI is InChI=1S/C26H31N5O4/c1-26(2,3)35-25(33)31-15-17-14-22(31)24(32)28-11-6-9-21-23-18(7-5-8-19(23)29-30(21)4)20-13-16(34-17)10-12-27-20/h5,7-8,10,12-13,17,22H,6,9,11,14-15H2,1-4H3,(H,28,32). The van der Waals surface area contributed by atoms with Crippen molar-refractivity contribution < 1.29 is 19.1 Å². The minimum Gasteiger partial charge on any atom is -0.488 e. The van der Waals surface area contributed by atoms with E-state index in [0.717, 1.165) is 40.7 Å². The highest BCUT2D eigenvalue weighted by molar-refractivity contribution is 5.96. The summed E-state index contributed by atoms with van der Waals surface area (Å²) in [5.74, 6) is 0.449. The van der Waals surface area contributed by atoms with E-state index in [-0.39, 0.29) is 18.6 Å². The molecule has 2 aliphatic heterocycles. The molecule has 2 atom stereocenters. The van der Waals surface area contributed by atoms with Crippen LogP contribution in [0.1, 0.15) is 39.3 Å². The van der Waals surface area contributed by atoms with Gasteiger partial charge in [0.15, 0.2) is 0 Å². The summed E-state index contributed by atoms with van der Waals surface area (Å²) < 4.78 is 13.8. The minimum atomic E-state index is -0.657. The van der Waals surface area contributed by atoms with Gasteiger partial charge in [-0.2, -0.15) is 5.10 Å². The lowest BCUT2D eigenvalue weighted by molar-refractivity contribution is -0.125. The van der Waals surface area contributed by atoms with Gasteiger partial charge in [0.2, 0.25) is 5.91 Å². The summed E-state index contributed by atoms with van der Waals surface area (Å²) in [4.78, 5) is 32.1. The first-order valence-corrected chi connectivity index (χ1v) is 12.0. The van der Waals surface area contributed by atoms with Crippen molar-refractivity contribution >= 4 is 22.9 Å². The highest BCUT2D eigenvalue weighted by atomic mass is 16.6. The Kier molecular flexibility index (Phi) is 5.86. The number of aromatic nitrogens is 3. The maximum absolute atomic E-state index is 13.1. The van der Waals surface area contributed by atoms with Crippen LogP contribution >= 0.6 is 0 Å². The van der Waals surface area contributed by atoms with Crippen LogP contribution in [0.15, 0.2) is 36.5 Å². The monoisotopic (exact) mass is 477 g/mol. The average molecular weight is 478 g/mol. The Balaban J connectivity index is 1.52. The molecule has 0 saturated carbocycles. The molecule has 1 aromatic carbocycles. The van der Waals surface area contributed by atoms with Crippen LogP contribution in [0, 0.1) is 0 Å². The van der Waals surface area contributed by atoms with Gasteiger partial charge in [0.25, 0.3) is 0 Å². The number of carbonyl (C=O) groups excluding carboxylic acids is 2. The van der Waals surface area contributed by atoms with Crippen LogP contribution in [0.25, 0.3) is 22.2 Å². The predicted molar refractivity (Wildman–Crippen MR) is 131 cm³/mol. The molecule has 0 radical (unpaired) electrons. The number of fused-ring (bicyclic) bond motifs is 5. The number of ether oxygens (including phenoxy) is 2. The molecule has 9 heteroatoms. The third-order valence-corrected chi connectivity index (χ3v) is 6.37. The van der Waals surface area contributed by atoms with Gasteiger partial charge in [0.05, 0.1) is 17.8 Å². The lowest BCUT2D eigenvalue weighted by Gasteiger charge is -2.27. The second-order valence-corrected chi connectivity index (χ2v) is 10.2. The largest absolute Gasteiger partial charge is 0.488 e. The zero-order chi connectivity index (χ0) is 24.7. The van der Waals surface area contributed by atoms with E-state index < -0.39 is 17.7 Å². The van der Waals surface area contributed by atoms with Crippen LogP contribution in [-0.2, 0) is 23.0 Å².